The summed E-state index contributed by atoms with van der Waals surface area (Å²) in [5.74, 6) is -0.168. The molecule has 0 aliphatic carbocycles. The quantitative estimate of drug-likeness (QED) is 0.628. The standard InChI is InChI=1S/C22H26N4O3S/c1-4-24(5-2)30(28,29)18-11-12-20-17(14-18)9-7-13-25(20)22(27)19-15-26-16(3)8-6-10-21(26)23-19/h6,8,10-12,14-15H,4-5,7,9,13H2,1-3H3. The van der Waals surface area contributed by atoms with Gasteiger partial charge in [-0.1, -0.05) is 19.9 Å². The number of aryl methyl sites for hydroxylation is 2. The first-order chi connectivity index (χ1) is 14.4. The number of imidazole rings is 1. The summed E-state index contributed by atoms with van der Waals surface area (Å²) < 4.78 is 29.1. The smallest absolute Gasteiger partial charge is 0.278 e. The van der Waals surface area contributed by atoms with Crippen LogP contribution in [-0.2, 0) is 16.4 Å². The number of nitrogens with zero attached hydrogens (tertiary/aromatic N) is 4. The van der Waals surface area contributed by atoms with Gasteiger partial charge in [-0.15, -0.1) is 0 Å². The van der Waals surface area contributed by atoms with Gasteiger partial charge in [0.15, 0.2) is 0 Å². The number of carbonyl (C=O) groups excluding carboxylic acids is 1. The third-order valence-electron chi connectivity index (χ3n) is 5.67. The third kappa shape index (κ3) is 3.40. The second kappa shape index (κ2) is 7.85. The normalized spacial score (nSPS) is 14.3. The lowest BCUT2D eigenvalue weighted by atomic mass is 10.0. The average Bonchev–Trinajstić information content (AvgIpc) is 3.19. The van der Waals surface area contributed by atoms with Crippen LogP contribution in [0.3, 0.4) is 0 Å². The molecule has 0 bridgehead atoms. The Morgan fingerprint density at radius 2 is 1.93 bits per heavy atom. The first-order valence-electron chi connectivity index (χ1n) is 10.3. The molecule has 0 saturated heterocycles. The number of carbonyl (C=O) groups is 1. The van der Waals surface area contributed by atoms with Crippen molar-refractivity contribution in [1.29, 1.82) is 0 Å². The van der Waals surface area contributed by atoms with Crippen LogP contribution in [0.15, 0.2) is 47.5 Å². The molecule has 7 nitrogen and oxygen atoms in total. The molecule has 3 heterocycles. The van der Waals surface area contributed by atoms with E-state index in [1.54, 1.807) is 29.3 Å². The molecule has 30 heavy (non-hydrogen) atoms. The van der Waals surface area contributed by atoms with Crippen molar-refractivity contribution in [1.82, 2.24) is 13.7 Å². The van der Waals surface area contributed by atoms with Gasteiger partial charge in [0.1, 0.15) is 11.3 Å². The number of pyridine rings is 1. The second-order valence-corrected chi connectivity index (χ2v) is 9.40. The molecule has 1 aromatic carbocycles. The summed E-state index contributed by atoms with van der Waals surface area (Å²) in [4.78, 5) is 19.7. The SMILES string of the molecule is CCN(CC)S(=O)(=O)c1ccc2c(c1)CCCN2C(=O)c1cn2c(C)cccc2n1. The molecule has 1 aliphatic heterocycles. The maximum atomic E-state index is 13.2. The highest BCUT2D eigenvalue weighted by molar-refractivity contribution is 7.89. The lowest BCUT2D eigenvalue weighted by Crippen LogP contribution is -2.36. The molecule has 0 radical (unpaired) electrons. The fourth-order valence-corrected chi connectivity index (χ4v) is 5.56. The van der Waals surface area contributed by atoms with E-state index >= 15 is 0 Å². The van der Waals surface area contributed by atoms with Gasteiger partial charge < -0.3 is 9.30 Å². The van der Waals surface area contributed by atoms with Crippen LogP contribution < -0.4 is 4.90 Å². The number of aromatic nitrogens is 2. The summed E-state index contributed by atoms with van der Waals surface area (Å²) in [6.07, 6.45) is 3.28. The Bertz CT molecular complexity index is 1210. The molecule has 0 atom stereocenters. The van der Waals surface area contributed by atoms with Crippen molar-refractivity contribution in [2.24, 2.45) is 0 Å². The number of amides is 1. The van der Waals surface area contributed by atoms with Crippen LogP contribution in [0.2, 0.25) is 0 Å². The molecule has 8 heteroatoms. The predicted molar refractivity (Wildman–Crippen MR) is 116 cm³/mol. The van der Waals surface area contributed by atoms with Gasteiger partial charge in [-0.25, -0.2) is 13.4 Å². The topological polar surface area (TPSA) is 75.0 Å². The third-order valence-corrected chi connectivity index (χ3v) is 7.72. The van der Waals surface area contributed by atoms with E-state index in [4.69, 9.17) is 0 Å². The van der Waals surface area contributed by atoms with E-state index < -0.39 is 10.0 Å². The van der Waals surface area contributed by atoms with E-state index in [-0.39, 0.29) is 10.8 Å². The molecule has 0 fully saturated rings. The van der Waals surface area contributed by atoms with Crippen LogP contribution in [0.1, 0.15) is 42.0 Å². The van der Waals surface area contributed by atoms with E-state index in [9.17, 15) is 13.2 Å². The number of sulfonamides is 1. The van der Waals surface area contributed by atoms with Gasteiger partial charge in [0, 0.05) is 37.2 Å². The van der Waals surface area contributed by atoms with Crippen LogP contribution in [0.5, 0.6) is 0 Å². The van der Waals surface area contributed by atoms with Gasteiger partial charge in [-0.3, -0.25) is 4.79 Å². The van der Waals surface area contributed by atoms with Crippen molar-refractivity contribution >= 4 is 27.3 Å². The second-order valence-electron chi connectivity index (χ2n) is 7.46. The van der Waals surface area contributed by atoms with Crippen LogP contribution in [0.4, 0.5) is 5.69 Å². The lowest BCUT2D eigenvalue weighted by molar-refractivity contribution is 0.0981. The van der Waals surface area contributed by atoms with Crippen LogP contribution in [0.25, 0.3) is 5.65 Å². The number of hydrogen-bond acceptors (Lipinski definition) is 4. The van der Waals surface area contributed by atoms with E-state index in [2.05, 4.69) is 4.98 Å². The van der Waals surface area contributed by atoms with Crippen LogP contribution in [-0.4, -0.2) is 47.6 Å². The Morgan fingerprint density at radius 1 is 1.17 bits per heavy atom. The van der Waals surface area contributed by atoms with Crippen molar-refractivity contribution in [2.75, 3.05) is 24.5 Å². The molecule has 0 saturated carbocycles. The molecule has 3 aromatic rings. The molecule has 158 valence electrons. The average molecular weight is 427 g/mol. The summed E-state index contributed by atoms with van der Waals surface area (Å²) in [6.45, 7) is 7.06. The largest absolute Gasteiger partial charge is 0.307 e. The first-order valence-corrected chi connectivity index (χ1v) is 11.7. The Kier molecular flexibility index (Phi) is 5.38. The maximum Gasteiger partial charge on any atom is 0.278 e. The van der Waals surface area contributed by atoms with E-state index in [1.807, 2.05) is 43.4 Å². The highest BCUT2D eigenvalue weighted by atomic mass is 32.2. The van der Waals surface area contributed by atoms with Gasteiger partial charge >= 0.3 is 0 Å². The number of fused-ring (bicyclic) bond motifs is 2. The van der Waals surface area contributed by atoms with Gasteiger partial charge in [0.2, 0.25) is 10.0 Å². The summed E-state index contributed by atoms with van der Waals surface area (Å²) in [7, 11) is -3.53. The van der Waals surface area contributed by atoms with Gasteiger partial charge in [-0.2, -0.15) is 4.31 Å². The molecule has 1 aliphatic rings. The van der Waals surface area contributed by atoms with E-state index in [1.165, 1.54) is 4.31 Å². The van der Waals surface area contributed by atoms with Crippen LogP contribution in [0, 0.1) is 6.92 Å². The fourth-order valence-electron chi connectivity index (χ4n) is 4.05. The number of hydrogen-bond donors (Lipinski definition) is 0. The maximum absolute atomic E-state index is 13.2. The minimum Gasteiger partial charge on any atom is -0.307 e. The molecule has 0 unspecified atom stereocenters. The monoisotopic (exact) mass is 426 g/mol. The zero-order chi connectivity index (χ0) is 21.5. The van der Waals surface area contributed by atoms with E-state index in [0.29, 0.717) is 25.3 Å². The zero-order valence-electron chi connectivity index (χ0n) is 17.5. The Morgan fingerprint density at radius 3 is 2.63 bits per heavy atom. The van der Waals surface area contributed by atoms with Crippen molar-refractivity contribution < 1.29 is 13.2 Å². The Balaban J connectivity index is 1.70. The van der Waals surface area contributed by atoms with Crippen LogP contribution >= 0.6 is 0 Å². The summed E-state index contributed by atoms with van der Waals surface area (Å²) in [5.41, 5.74) is 3.76. The number of anilines is 1. The van der Waals surface area contributed by atoms with Gasteiger partial charge in [0.05, 0.1) is 4.90 Å². The molecule has 0 N–H and O–H groups in total. The van der Waals surface area contributed by atoms with Crippen molar-refractivity contribution in [2.45, 2.75) is 38.5 Å². The van der Waals surface area contributed by atoms with E-state index in [0.717, 1.165) is 35.4 Å². The minimum atomic E-state index is -3.53. The van der Waals surface area contributed by atoms with Crippen molar-refractivity contribution in [3.05, 3.63) is 59.5 Å². The zero-order valence-corrected chi connectivity index (χ0v) is 18.3. The van der Waals surface area contributed by atoms with Crippen molar-refractivity contribution in [3.63, 3.8) is 0 Å². The molecule has 2 aromatic heterocycles. The predicted octanol–water partition coefficient (Wildman–Crippen LogP) is 3.27. The molecular formula is C22H26N4O3S. The Hall–Kier alpha value is -2.71. The summed E-state index contributed by atoms with van der Waals surface area (Å²) in [5, 5.41) is 0. The highest BCUT2D eigenvalue weighted by Crippen LogP contribution is 2.31. The van der Waals surface area contributed by atoms with Gasteiger partial charge in [0.25, 0.3) is 5.91 Å². The fraction of sp³-hybridized carbons (Fsp3) is 0.364. The summed E-state index contributed by atoms with van der Waals surface area (Å²) >= 11 is 0. The minimum absolute atomic E-state index is 0.168. The number of benzene rings is 1. The summed E-state index contributed by atoms with van der Waals surface area (Å²) in [6, 6.07) is 10.8. The van der Waals surface area contributed by atoms with Gasteiger partial charge in [-0.05, 0) is 55.7 Å². The Labute approximate surface area is 177 Å². The molecule has 0 spiro atoms. The highest BCUT2D eigenvalue weighted by Gasteiger charge is 2.28. The molecule has 1 amide bonds. The first kappa shape index (κ1) is 20.6. The molecular weight excluding hydrogens is 400 g/mol. The van der Waals surface area contributed by atoms with Crippen molar-refractivity contribution in [3.8, 4) is 0 Å². The lowest BCUT2D eigenvalue weighted by Gasteiger charge is -2.29. The number of rotatable bonds is 5. The molecule has 4 rings (SSSR count).